The van der Waals surface area contributed by atoms with E-state index in [0.29, 0.717) is 29.7 Å². The largest absolute Gasteiger partial charge is 0.508 e. The van der Waals surface area contributed by atoms with Gasteiger partial charge in [-0.1, -0.05) is 24.3 Å². The Balaban J connectivity index is 1.33. The zero-order valence-corrected chi connectivity index (χ0v) is 21.0. The van der Waals surface area contributed by atoms with Crippen molar-refractivity contribution in [2.45, 2.75) is 49.6 Å². The predicted molar refractivity (Wildman–Crippen MR) is 137 cm³/mol. The van der Waals surface area contributed by atoms with Crippen LogP contribution in [-0.4, -0.2) is 78.1 Å². The number of likely N-dealkylation sites (N-methyl/N-ethyl adjacent to an activating group) is 1. The van der Waals surface area contributed by atoms with Gasteiger partial charge in [-0.15, -0.1) is 0 Å². The molecule has 5 heteroatoms. The third-order valence-electron chi connectivity index (χ3n) is 10.7. The monoisotopic (exact) mass is 471 g/mol. The lowest BCUT2D eigenvalue weighted by Gasteiger charge is -2.66. The minimum atomic E-state index is 0.0813. The van der Waals surface area contributed by atoms with Crippen LogP contribution in [0, 0.1) is 17.3 Å². The Morgan fingerprint density at radius 2 is 1.97 bits per heavy atom. The molecule has 6 atom stereocenters. The molecule has 35 heavy (non-hydrogen) atoms. The van der Waals surface area contributed by atoms with E-state index in [0.717, 1.165) is 51.0 Å². The lowest BCUT2D eigenvalue weighted by molar-refractivity contribution is -0.101. The quantitative estimate of drug-likeness (QED) is 0.738. The molecule has 5 nitrogen and oxygen atoms in total. The van der Waals surface area contributed by atoms with Crippen molar-refractivity contribution in [3.8, 4) is 5.75 Å². The first-order valence-corrected chi connectivity index (χ1v) is 13.5. The molecule has 5 aliphatic rings. The Kier molecular flexibility index (Phi) is 4.73. The molecule has 2 aliphatic heterocycles. The molecule has 0 radical (unpaired) electrons. The van der Waals surface area contributed by atoms with Gasteiger partial charge in [0, 0.05) is 42.7 Å². The molecule has 0 spiro atoms. The normalized spacial score (nSPS) is 36.8. The van der Waals surface area contributed by atoms with Crippen molar-refractivity contribution in [3.05, 3.63) is 65.2 Å². The fraction of sp³-hybridized carbons (Fsp3) is 0.567. The van der Waals surface area contributed by atoms with Crippen LogP contribution in [0.2, 0.25) is 0 Å². The number of benzene rings is 2. The standard InChI is InChI=1S/C30H37N3O2/c1-31(2)14-15-32-13-12-30-24-17-23(34)9-8-21(24)16-26(32)29(30)11-10-25-27(30)22(18-29)19-33(25)28(35)20-6-4-3-5-7-20/h3-9,17,22,25-27,34H,10-16,18-19H2,1-2H3/t22-,25?,26?,27?,29?,30?/m1/s1. The molecule has 3 aliphatic carbocycles. The maximum absolute atomic E-state index is 13.7. The number of likely N-dealkylation sites (tertiary alicyclic amines) is 2. The zero-order chi connectivity index (χ0) is 23.9. The van der Waals surface area contributed by atoms with Crippen molar-refractivity contribution in [3.63, 3.8) is 0 Å². The van der Waals surface area contributed by atoms with Gasteiger partial charge in [-0.2, -0.15) is 0 Å². The maximum atomic E-state index is 13.7. The Bertz CT molecular complexity index is 1170. The molecule has 2 heterocycles. The fourth-order valence-electron chi connectivity index (χ4n) is 9.67. The number of nitrogens with zero attached hydrogens (tertiary/aromatic N) is 3. The summed E-state index contributed by atoms with van der Waals surface area (Å²) < 4.78 is 0. The van der Waals surface area contributed by atoms with Gasteiger partial charge in [0.25, 0.3) is 5.91 Å². The first kappa shape index (κ1) is 21.9. The Morgan fingerprint density at radius 3 is 2.77 bits per heavy atom. The summed E-state index contributed by atoms with van der Waals surface area (Å²) in [6, 6.07) is 16.9. The highest BCUT2D eigenvalue weighted by Gasteiger charge is 2.76. The molecule has 2 saturated heterocycles. The highest BCUT2D eigenvalue weighted by molar-refractivity contribution is 5.94. The van der Waals surface area contributed by atoms with E-state index >= 15 is 0 Å². The van der Waals surface area contributed by atoms with Crippen LogP contribution in [-0.2, 0) is 11.8 Å². The van der Waals surface area contributed by atoms with E-state index in [1.807, 2.05) is 36.4 Å². The van der Waals surface area contributed by atoms with Gasteiger partial charge in [-0.25, -0.2) is 0 Å². The van der Waals surface area contributed by atoms with Crippen LogP contribution in [0.15, 0.2) is 48.5 Å². The zero-order valence-electron chi connectivity index (χ0n) is 21.0. The number of phenols is 1. The minimum Gasteiger partial charge on any atom is -0.508 e. The summed E-state index contributed by atoms with van der Waals surface area (Å²) in [4.78, 5) is 21.0. The molecule has 184 valence electrons. The van der Waals surface area contributed by atoms with Gasteiger partial charge in [-0.05, 0) is 105 Å². The lowest BCUT2D eigenvalue weighted by atomic mass is 9.43. The minimum absolute atomic E-state index is 0.0813. The summed E-state index contributed by atoms with van der Waals surface area (Å²) in [5.41, 5.74) is 4.03. The van der Waals surface area contributed by atoms with Crippen LogP contribution in [0.3, 0.4) is 0 Å². The highest BCUT2D eigenvalue weighted by atomic mass is 16.3. The predicted octanol–water partition coefficient (Wildman–Crippen LogP) is 3.76. The van der Waals surface area contributed by atoms with E-state index in [1.54, 1.807) is 0 Å². The molecule has 1 amide bonds. The molecule has 2 saturated carbocycles. The molecular formula is C30H37N3O2. The topological polar surface area (TPSA) is 47.0 Å². The van der Waals surface area contributed by atoms with Gasteiger partial charge in [-0.3, -0.25) is 9.69 Å². The van der Waals surface area contributed by atoms with E-state index in [4.69, 9.17) is 0 Å². The number of phenolic OH excluding ortho intramolecular Hbond substituents is 1. The summed E-state index contributed by atoms with van der Waals surface area (Å²) in [6.07, 6.45) is 5.79. The summed E-state index contributed by atoms with van der Waals surface area (Å²) in [6.45, 7) is 4.24. The van der Waals surface area contributed by atoms with E-state index in [-0.39, 0.29) is 16.7 Å². The van der Waals surface area contributed by atoms with Crippen molar-refractivity contribution in [1.29, 1.82) is 0 Å². The smallest absolute Gasteiger partial charge is 0.254 e. The molecule has 5 unspecified atom stereocenters. The van der Waals surface area contributed by atoms with Crippen LogP contribution in [0.4, 0.5) is 0 Å². The number of aromatic hydroxyl groups is 1. The van der Waals surface area contributed by atoms with E-state index in [1.165, 1.54) is 24.0 Å². The number of carbonyl (C=O) groups excluding carboxylic acids is 1. The molecule has 2 aromatic rings. The van der Waals surface area contributed by atoms with Crippen molar-refractivity contribution >= 4 is 5.91 Å². The average Bonchev–Trinajstić information content (AvgIpc) is 3.30. The number of hydrogen-bond donors (Lipinski definition) is 1. The fourth-order valence-corrected chi connectivity index (χ4v) is 9.67. The second-order valence-corrected chi connectivity index (χ2v) is 12.2. The maximum Gasteiger partial charge on any atom is 0.254 e. The van der Waals surface area contributed by atoms with E-state index < -0.39 is 0 Å². The number of carbonyl (C=O) groups is 1. The molecule has 7 rings (SSSR count). The molecular weight excluding hydrogens is 434 g/mol. The van der Waals surface area contributed by atoms with E-state index in [9.17, 15) is 9.90 Å². The first-order chi connectivity index (χ1) is 16.9. The summed E-state index contributed by atoms with van der Waals surface area (Å²) in [5, 5.41) is 10.6. The van der Waals surface area contributed by atoms with Crippen molar-refractivity contribution in [2.24, 2.45) is 17.3 Å². The summed E-state index contributed by atoms with van der Waals surface area (Å²) >= 11 is 0. The van der Waals surface area contributed by atoms with Crippen LogP contribution in [0.5, 0.6) is 5.75 Å². The number of hydrogen-bond acceptors (Lipinski definition) is 4. The number of amides is 1. The third-order valence-corrected chi connectivity index (χ3v) is 10.7. The second kappa shape index (κ2) is 7.57. The van der Waals surface area contributed by atoms with Crippen molar-refractivity contribution in [2.75, 3.05) is 40.3 Å². The summed E-state index contributed by atoms with van der Waals surface area (Å²) in [5.74, 6) is 1.67. The van der Waals surface area contributed by atoms with Gasteiger partial charge in [0.15, 0.2) is 0 Å². The molecule has 4 bridgehead atoms. The van der Waals surface area contributed by atoms with Crippen LogP contribution >= 0.6 is 0 Å². The Hall–Kier alpha value is -2.37. The molecule has 0 aromatic heterocycles. The average molecular weight is 472 g/mol. The van der Waals surface area contributed by atoms with Gasteiger partial charge < -0.3 is 14.9 Å². The van der Waals surface area contributed by atoms with E-state index in [2.05, 4.69) is 40.9 Å². The van der Waals surface area contributed by atoms with Gasteiger partial charge >= 0.3 is 0 Å². The summed E-state index contributed by atoms with van der Waals surface area (Å²) in [7, 11) is 4.35. The number of fused-ring (bicyclic) bond motifs is 1. The first-order valence-electron chi connectivity index (χ1n) is 13.5. The Morgan fingerprint density at radius 1 is 1.14 bits per heavy atom. The molecule has 2 aromatic carbocycles. The van der Waals surface area contributed by atoms with Gasteiger partial charge in [0.05, 0.1) is 0 Å². The molecule has 4 fully saturated rings. The van der Waals surface area contributed by atoms with Crippen LogP contribution in [0.1, 0.15) is 47.2 Å². The second-order valence-electron chi connectivity index (χ2n) is 12.2. The van der Waals surface area contributed by atoms with Gasteiger partial charge in [0.1, 0.15) is 5.75 Å². The van der Waals surface area contributed by atoms with Gasteiger partial charge in [0.2, 0.25) is 0 Å². The van der Waals surface area contributed by atoms with Crippen molar-refractivity contribution < 1.29 is 9.90 Å². The highest BCUT2D eigenvalue weighted by Crippen LogP contribution is 2.75. The third kappa shape index (κ3) is 2.80. The lowest BCUT2D eigenvalue weighted by Crippen LogP contribution is -2.70. The van der Waals surface area contributed by atoms with Crippen LogP contribution in [0.25, 0.3) is 0 Å². The molecule has 1 N–H and O–H groups in total. The Labute approximate surface area is 208 Å². The van der Waals surface area contributed by atoms with Crippen molar-refractivity contribution in [1.82, 2.24) is 14.7 Å². The SMILES string of the molecule is CN(C)CCN1CCC23c4cc(O)ccc4CC1C21CCC2C3[C@@H](CN2C(=O)c2ccccc2)C1. The number of piperidine rings is 1. The van der Waals surface area contributed by atoms with Crippen LogP contribution < -0.4 is 0 Å². The number of rotatable bonds is 4.